The van der Waals surface area contributed by atoms with E-state index in [2.05, 4.69) is 85.7 Å². The third-order valence-corrected chi connectivity index (χ3v) is 9.08. The molecule has 0 radical (unpaired) electrons. The van der Waals surface area contributed by atoms with Crippen molar-refractivity contribution in [2.45, 2.75) is 55.4 Å². The molecule has 0 saturated carbocycles. The molecule has 0 aromatic heterocycles. The predicted molar refractivity (Wildman–Crippen MR) is 250 cm³/mol. The van der Waals surface area contributed by atoms with E-state index in [-0.39, 0.29) is 0 Å². The first-order valence-electron chi connectivity index (χ1n) is 20.2. The van der Waals surface area contributed by atoms with Crippen molar-refractivity contribution in [1.82, 2.24) is 0 Å². The lowest BCUT2D eigenvalue weighted by Gasteiger charge is -2.08. The smallest absolute Gasteiger partial charge is 0.127 e. The van der Waals surface area contributed by atoms with Crippen molar-refractivity contribution in [2.24, 2.45) is 0 Å². The highest BCUT2D eigenvalue weighted by atomic mass is 16.5. The first kappa shape index (κ1) is 44.1. The molecule has 8 aromatic rings. The average molecular weight is 793 g/mol. The van der Waals surface area contributed by atoms with Crippen LogP contribution in [0.1, 0.15) is 44.5 Å². The van der Waals surface area contributed by atoms with Gasteiger partial charge in [0, 0.05) is 0 Å². The summed E-state index contributed by atoms with van der Waals surface area (Å²) < 4.78 is 23.0. The topological polar surface area (TPSA) is 36.9 Å². The first-order chi connectivity index (χ1) is 28.9. The van der Waals surface area contributed by atoms with Crippen LogP contribution in [0.25, 0.3) is 0 Å². The number of hydrogen-bond acceptors (Lipinski definition) is 4. The van der Waals surface area contributed by atoms with E-state index in [4.69, 9.17) is 18.9 Å². The van der Waals surface area contributed by atoms with Gasteiger partial charge in [0.05, 0.1) is 0 Å². The van der Waals surface area contributed by atoms with E-state index in [1.807, 2.05) is 164 Å². The normalized spacial score (nSPS) is 10.0. The SMILES string of the molecule is Cc1ccc(C)cc1.Cc1ccc(Oc2ccc(C)cc2)cc1.Cc1ccc(Oc2ccc(Oc3ccc(C)cc3)cc2)cc1.Cc1ccc(Oc2cccc(C)c2)cc1. The van der Waals surface area contributed by atoms with Crippen LogP contribution in [0.2, 0.25) is 0 Å². The highest BCUT2D eigenvalue weighted by Crippen LogP contribution is 2.28. The van der Waals surface area contributed by atoms with E-state index < -0.39 is 0 Å². The summed E-state index contributed by atoms with van der Waals surface area (Å²) in [6, 6.07) is 64.3. The van der Waals surface area contributed by atoms with Gasteiger partial charge in [0.25, 0.3) is 0 Å². The Balaban J connectivity index is 0.000000160. The third-order valence-electron chi connectivity index (χ3n) is 9.08. The largest absolute Gasteiger partial charge is 0.457 e. The molecule has 304 valence electrons. The van der Waals surface area contributed by atoms with Crippen LogP contribution in [0, 0.1) is 55.4 Å². The quantitative estimate of drug-likeness (QED) is 0.154. The summed E-state index contributed by atoms with van der Waals surface area (Å²) in [5.41, 5.74) is 10.0. The third kappa shape index (κ3) is 16.1. The Bertz CT molecular complexity index is 2300. The van der Waals surface area contributed by atoms with E-state index >= 15 is 0 Å². The minimum atomic E-state index is 0.792. The predicted octanol–water partition coefficient (Wildman–Crippen LogP) is 16.4. The highest BCUT2D eigenvalue weighted by Gasteiger charge is 2.01. The zero-order valence-electron chi connectivity index (χ0n) is 36.1. The molecule has 0 unspecified atom stereocenters. The van der Waals surface area contributed by atoms with Gasteiger partial charge < -0.3 is 18.9 Å². The lowest BCUT2D eigenvalue weighted by atomic mass is 10.2. The van der Waals surface area contributed by atoms with Crippen LogP contribution >= 0.6 is 0 Å². The van der Waals surface area contributed by atoms with Crippen LogP contribution in [-0.4, -0.2) is 0 Å². The summed E-state index contributed by atoms with van der Waals surface area (Å²) in [5, 5.41) is 0. The van der Waals surface area contributed by atoms with Crippen LogP contribution in [-0.2, 0) is 0 Å². The number of hydrogen-bond donors (Lipinski definition) is 0. The lowest BCUT2D eigenvalue weighted by Crippen LogP contribution is -1.86. The van der Waals surface area contributed by atoms with Crippen molar-refractivity contribution in [1.29, 1.82) is 0 Å². The fourth-order valence-corrected chi connectivity index (χ4v) is 5.47. The maximum Gasteiger partial charge on any atom is 0.127 e. The van der Waals surface area contributed by atoms with E-state index in [0.29, 0.717) is 0 Å². The van der Waals surface area contributed by atoms with E-state index in [1.54, 1.807) is 0 Å². The molecule has 0 saturated heterocycles. The summed E-state index contributed by atoms with van der Waals surface area (Å²) in [7, 11) is 0. The van der Waals surface area contributed by atoms with Gasteiger partial charge in [-0.3, -0.25) is 0 Å². The van der Waals surface area contributed by atoms with E-state index in [0.717, 1.165) is 46.0 Å². The van der Waals surface area contributed by atoms with Gasteiger partial charge in [-0.25, -0.2) is 0 Å². The standard InChI is InChI=1S/C20H18O2.2C14H14O.C8H10/c1-15-3-7-17(8-4-15)21-19-11-13-20(14-12-19)22-18-9-5-16(2)6-10-18;1-11-3-7-13(8-4-11)15-14-9-5-12(2)6-10-14;1-11-6-8-13(9-7-11)15-14-5-3-4-12(2)10-14;1-7-3-5-8(2)6-4-7/h3-14H,1-2H3;2*3-10H,1-2H3;3-6H,1-2H3. The molecule has 0 aliphatic carbocycles. The molecule has 0 aliphatic heterocycles. The first-order valence-corrected chi connectivity index (χ1v) is 20.2. The second kappa shape index (κ2) is 22.8. The Hall–Kier alpha value is -7.04. The van der Waals surface area contributed by atoms with Crippen molar-refractivity contribution >= 4 is 0 Å². The zero-order valence-corrected chi connectivity index (χ0v) is 36.1. The van der Waals surface area contributed by atoms with Gasteiger partial charge >= 0.3 is 0 Å². The Labute approximate surface area is 357 Å². The second-order valence-corrected chi connectivity index (χ2v) is 14.9. The van der Waals surface area contributed by atoms with Crippen molar-refractivity contribution in [3.05, 3.63) is 239 Å². The number of benzene rings is 8. The fourth-order valence-electron chi connectivity index (χ4n) is 5.47. The van der Waals surface area contributed by atoms with Crippen LogP contribution < -0.4 is 18.9 Å². The molecule has 0 bridgehead atoms. The van der Waals surface area contributed by atoms with Gasteiger partial charge in [0.15, 0.2) is 0 Å². The van der Waals surface area contributed by atoms with E-state index in [1.165, 1.54) is 44.5 Å². The Kier molecular flexibility index (Phi) is 16.7. The molecule has 0 amide bonds. The van der Waals surface area contributed by atoms with Crippen LogP contribution in [0.3, 0.4) is 0 Å². The Morgan fingerprint density at radius 3 is 0.583 bits per heavy atom. The molecule has 0 aliphatic rings. The zero-order chi connectivity index (χ0) is 42.7. The van der Waals surface area contributed by atoms with Crippen molar-refractivity contribution < 1.29 is 18.9 Å². The number of ether oxygens (including phenoxy) is 4. The molecule has 60 heavy (non-hydrogen) atoms. The van der Waals surface area contributed by atoms with Gasteiger partial charge in [-0.2, -0.15) is 0 Å². The summed E-state index contributed by atoms with van der Waals surface area (Å²) in [4.78, 5) is 0. The molecule has 0 heterocycles. The van der Waals surface area contributed by atoms with Gasteiger partial charge in [-0.15, -0.1) is 0 Å². The average Bonchev–Trinajstić information content (AvgIpc) is 3.25. The van der Waals surface area contributed by atoms with Gasteiger partial charge in [0.2, 0.25) is 0 Å². The number of rotatable bonds is 8. The Morgan fingerprint density at radius 2 is 0.367 bits per heavy atom. The molecule has 0 spiro atoms. The van der Waals surface area contributed by atoms with Crippen molar-refractivity contribution in [3.63, 3.8) is 0 Å². The monoisotopic (exact) mass is 792 g/mol. The highest BCUT2D eigenvalue weighted by molar-refractivity contribution is 5.39. The summed E-state index contributed by atoms with van der Waals surface area (Å²) in [6.07, 6.45) is 0. The summed E-state index contributed by atoms with van der Waals surface area (Å²) in [6.45, 7) is 16.6. The van der Waals surface area contributed by atoms with Crippen molar-refractivity contribution in [3.8, 4) is 46.0 Å². The van der Waals surface area contributed by atoms with Gasteiger partial charge in [-0.1, -0.05) is 136 Å². The van der Waals surface area contributed by atoms with Gasteiger partial charge in [0.1, 0.15) is 46.0 Å². The molecular formula is C56H56O4. The maximum absolute atomic E-state index is 5.80. The van der Waals surface area contributed by atoms with Crippen molar-refractivity contribution in [2.75, 3.05) is 0 Å². The molecule has 4 heteroatoms. The summed E-state index contributed by atoms with van der Waals surface area (Å²) >= 11 is 0. The minimum absolute atomic E-state index is 0.792. The fraction of sp³-hybridized carbons (Fsp3) is 0.143. The Morgan fingerprint density at radius 1 is 0.183 bits per heavy atom. The second-order valence-electron chi connectivity index (χ2n) is 14.9. The molecule has 0 N–H and O–H groups in total. The van der Waals surface area contributed by atoms with Crippen LogP contribution in [0.5, 0.6) is 46.0 Å². The molecule has 8 rings (SSSR count). The molecular weight excluding hydrogens is 737 g/mol. The molecule has 8 aromatic carbocycles. The molecule has 0 atom stereocenters. The lowest BCUT2D eigenvalue weighted by molar-refractivity contribution is 0.469. The molecule has 4 nitrogen and oxygen atoms in total. The molecule has 0 fully saturated rings. The maximum atomic E-state index is 5.80. The summed E-state index contributed by atoms with van der Waals surface area (Å²) in [5.74, 6) is 6.77. The minimum Gasteiger partial charge on any atom is -0.457 e. The van der Waals surface area contributed by atoms with Crippen LogP contribution in [0.4, 0.5) is 0 Å². The number of aryl methyl sites for hydroxylation is 8. The van der Waals surface area contributed by atoms with E-state index in [9.17, 15) is 0 Å². The van der Waals surface area contributed by atoms with Gasteiger partial charge in [-0.05, 0) is 158 Å². The van der Waals surface area contributed by atoms with Crippen LogP contribution in [0.15, 0.2) is 194 Å².